The van der Waals surface area contributed by atoms with E-state index < -0.39 is 5.97 Å². The third-order valence-corrected chi connectivity index (χ3v) is 2.76. The second-order valence-corrected chi connectivity index (χ2v) is 4.11. The molecule has 1 fully saturated rings. The highest BCUT2D eigenvalue weighted by Crippen LogP contribution is 2.18. The highest BCUT2D eigenvalue weighted by atomic mass is 16.5. The number of amides is 1. The van der Waals surface area contributed by atoms with Gasteiger partial charge < -0.3 is 15.2 Å². The number of carboxylic acids is 1. The second-order valence-electron chi connectivity index (χ2n) is 4.11. The fourth-order valence-corrected chi connectivity index (χ4v) is 1.89. The third-order valence-electron chi connectivity index (χ3n) is 2.76. The molecule has 1 aromatic rings. The van der Waals surface area contributed by atoms with E-state index in [0.29, 0.717) is 6.61 Å². The first-order valence-electron chi connectivity index (χ1n) is 5.75. The Morgan fingerprint density at radius 3 is 3.06 bits per heavy atom. The molecule has 6 heteroatoms. The summed E-state index contributed by atoms with van der Waals surface area (Å²) in [5, 5.41) is 11.5. The number of pyridine rings is 1. The lowest BCUT2D eigenvalue weighted by Gasteiger charge is -2.10. The number of carbonyl (C=O) groups excluding carboxylic acids is 1. The van der Waals surface area contributed by atoms with Gasteiger partial charge in [0.05, 0.1) is 30.0 Å². The van der Waals surface area contributed by atoms with Crippen LogP contribution in [0.15, 0.2) is 18.5 Å². The van der Waals surface area contributed by atoms with Crippen LogP contribution >= 0.6 is 0 Å². The molecule has 2 heterocycles. The van der Waals surface area contributed by atoms with Crippen LogP contribution in [0.5, 0.6) is 0 Å². The molecule has 0 radical (unpaired) electrons. The molecule has 18 heavy (non-hydrogen) atoms. The molecule has 1 saturated heterocycles. The summed E-state index contributed by atoms with van der Waals surface area (Å²) in [5.74, 6) is -1.35. The minimum Gasteiger partial charge on any atom is -0.478 e. The molecule has 0 aromatic carbocycles. The van der Waals surface area contributed by atoms with E-state index in [9.17, 15) is 9.59 Å². The number of anilines is 1. The summed E-state index contributed by atoms with van der Waals surface area (Å²) in [6, 6.07) is 1.35. The van der Waals surface area contributed by atoms with Crippen LogP contribution < -0.4 is 5.32 Å². The lowest BCUT2D eigenvalue weighted by molar-refractivity contribution is -0.118. The molecular formula is C12H14N2O4. The van der Waals surface area contributed by atoms with E-state index in [4.69, 9.17) is 9.84 Å². The van der Waals surface area contributed by atoms with Crippen LogP contribution in [0.25, 0.3) is 0 Å². The van der Waals surface area contributed by atoms with E-state index in [1.54, 1.807) is 0 Å². The zero-order valence-electron chi connectivity index (χ0n) is 9.76. The first-order chi connectivity index (χ1) is 8.66. The summed E-state index contributed by atoms with van der Waals surface area (Å²) in [4.78, 5) is 26.5. The molecular weight excluding hydrogens is 236 g/mol. The molecule has 1 aromatic heterocycles. The Labute approximate surface area is 104 Å². The number of hydrogen-bond donors (Lipinski definition) is 2. The highest BCUT2D eigenvalue weighted by Gasteiger charge is 2.20. The van der Waals surface area contributed by atoms with Crippen molar-refractivity contribution >= 4 is 17.6 Å². The van der Waals surface area contributed by atoms with Crippen LogP contribution in [-0.2, 0) is 9.53 Å². The Kier molecular flexibility index (Phi) is 3.88. The SMILES string of the molecule is O=C(CC1CCCO1)Nc1cnccc1C(=O)O. The quantitative estimate of drug-likeness (QED) is 0.840. The Balaban J connectivity index is 2.00. The number of rotatable bonds is 4. The maximum absolute atomic E-state index is 11.7. The smallest absolute Gasteiger partial charge is 0.337 e. The summed E-state index contributed by atoms with van der Waals surface area (Å²) in [7, 11) is 0. The van der Waals surface area contributed by atoms with E-state index in [1.165, 1.54) is 18.5 Å². The normalized spacial score (nSPS) is 18.6. The molecule has 2 rings (SSSR count). The minimum absolute atomic E-state index is 0.0330. The zero-order valence-corrected chi connectivity index (χ0v) is 9.76. The molecule has 1 aliphatic rings. The molecule has 0 bridgehead atoms. The molecule has 1 unspecified atom stereocenters. The summed E-state index contributed by atoms with van der Waals surface area (Å²) < 4.78 is 5.35. The van der Waals surface area contributed by atoms with Gasteiger partial charge in [-0.05, 0) is 18.9 Å². The molecule has 1 atom stereocenters. The lowest BCUT2D eigenvalue weighted by Crippen LogP contribution is -2.20. The maximum Gasteiger partial charge on any atom is 0.337 e. The highest BCUT2D eigenvalue weighted by molar-refractivity contribution is 6.00. The Bertz CT molecular complexity index is 455. The van der Waals surface area contributed by atoms with Gasteiger partial charge in [0.2, 0.25) is 5.91 Å². The van der Waals surface area contributed by atoms with Crippen molar-refractivity contribution in [1.82, 2.24) is 4.98 Å². The Morgan fingerprint density at radius 1 is 1.56 bits per heavy atom. The van der Waals surface area contributed by atoms with Crippen molar-refractivity contribution in [2.45, 2.75) is 25.4 Å². The molecule has 1 aliphatic heterocycles. The van der Waals surface area contributed by atoms with Crippen molar-refractivity contribution in [3.05, 3.63) is 24.0 Å². The number of nitrogens with one attached hydrogen (secondary N) is 1. The largest absolute Gasteiger partial charge is 0.478 e. The van der Waals surface area contributed by atoms with Gasteiger partial charge in [0.15, 0.2) is 0 Å². The molecule has 6 nitrogen and oxygen atoms in total. The minimum atomic E-state index is -1.09. The van der Waals surface area contributed by atoms with E-state index in [2.05, 4.69) is 10.3 Å². The number of aromatic carboxylic acids is 1. The van der Waals surface area contributed by atoms with Gasteiger partial charge in [0, 0.05) is 12.8 Å². The van der Waals surface area contributed by atoms with Crippen molar-refractivity contribution in [3.8, 4) is 0 Å². The average Bonchev–Trinajstić information content (AvgIpc) is 2.82. The van der Waals surface area contributed by atoms with Crippen LogP contribution in [0.2, 0.25) is 0 Å². The van der Waals surface area contributed by atoms with Gasteiger partial charge in [-0.25, -0.2) is 4.79 Å². The topological polar surface area (TPSA) is 88.5 Å². The van der Waals surface area contributed by atoms with Crippen molar-refractivity contribution < 1.29 is 19.4 Å². The summed E-state index contributed by atoms with van der Waals surface area (Å²) in [5.41, 5.74) is 0.249. The van der Waals surface area contributed by atoms with Crippen LogP contribution in [0.3, 0.4) is 0 Å². The number of hydrogen-bond acceptors (Lipinski definition) is 4. The Morgan fingerprint density at radius 2 is 2.39 bits per heavy atom. The van der Waals surface area contributed by atoms with Crippen molar-refractivity contribution in [2.24, 2.45) is 0 Å². The molecule has 2 N–H and O–H groups in total. The third kappa shape index (κ3) is 3.04. The molecule has 0 aliphatic carbocycles. The maximum atomic E-state index is 11.7. The fraction of sp³-hybridized carbons (Fsp3) is 0.417. The van der Waals surface area contributed by atoms with Crippen LogP contribution in [-0.4, -0.2) is 34.7 Å². The lowest BCUT2D eigenvalue weighted by atomic mass is 10.1. The number of nitrogens with zero attached hydrogens (tertiary/aromatic N) is 1. The zero-order chi connectivity index (χ0) is 13.0. The predicted molar refractivity (Wildman–Crippen MR) is 63.4 cm³/mol. The van der Waals surface area contributed by atoms with E-state index >= 15 is 0 Å². The van der Waals surface area contributed by atoms with Crippen LogP contribution in [0, 0.1) is 0 Å². The standard InChI is InChI=1S/C12H14N2O4/c15-11(6-8-2-1-5-18-8)14-10-7-13-4-3-9(10)12(16)17/h3-4,7-8H,1-2,5-6H2,(H,14,15)(H,16,17). The first kappa shape index (κ1) is 12.5. The molecule has 0 spiro atoms. The van der Waals surface area contributed by atoms with Gasteiger partial charge in [-0.1, -0.05) is 0 Å². The van der Waals surface area contributed by atoms with Gasteiger partial charge in [-0.2, -0.15) is 0 Å². The first-order valence-corrected chi connectivity index (χ1v) is 5.75. The van der Waals surface area contributed by atoms with E-state index in [0.717, 1.165) is 12.8 Å². The summed E-state index contributed by atoms with van der Waals surface area (Å²) in [6.45, 7) is 0.686. The van der Waals surface area contributed by atoms with Crippen molar-refractivity contribution in [3.63, 3.8) is 0 Å². The van der Waals surface area contributed by atoms with Gasteiger partial charge in [0.1, 0.15) is 0 Å². The monoisotopic (exact) mass is 250 g/mol. The predicted octanol–water partition coefficient (Wildman–Crippen LogP) is 1.29. The number of aromatic nitrogens is 1. The second kappa shape index (κ2) is 5.59. The van der Waals surface area contributed by atoms with Gasteiger partial charge in [-0.3, -0.25) is 9.78 Å². The van der Waals surface area contributed by atoms with Crippen LogP contribution in [0.4, 0.5) is 5.69 Å². The average molecular weight is 250 g/mol. The molecule has 0 saturated carbocycles. The summed E-state index contributed by atoms with van der Waals surface area (Å²) >= 11 is 0. The molecule has 1 amide bonds. The summed E-state index contributed by atoms with van der Waals surface area (Å²) in [6.07, 6.45) is 4.72. The number of carbonyl (C=O) groups is 2. The Hall–Kier alpha value is -1.95. The van der Waals surface area contributed by atoms with Crippen molar-refractivity contribution in [1.29, 1.82) is 0 Å². The van der Waals surface area contributed by atoms with Gasteiger partial charge in [0.25, 0.3) is 0 Å². The van der Waals surface area contributed by atoms with Gasteiger partial charge in [-0.15, -0.1) is 0 Å². The number of carboxylic acid groups (broad SMARTS) is 1. The number of ether oxygens (including phenoxy) is 1. The van der Waals surface area contributed by atoms with Gasteiger partial charge >= 0.3 is 5.97 Å². The molecule has 96 valence electrons. The van der Waals surface area contributed by atoms with E-state index in [1.807, 2.05) is 0 Å². The fourth-order valence-electron chi connectivity index (χ4n) is 1.89. The van der Waals surface area contributed by atoms with Crippen molar-refractivity contribution in [2.75, 3.05) is 11.9 Å². The van der Waals surface area contributed by atoms with E-state index in [-0.39, 0.29) is 29.7 Å². The van der Waals surface area contributed by atoms with Crippen LogP contribution in [0.1, 0.15) is 29.6 Å².